The molecule has 0 bridgehead atoms. The largest absolute Gasteiger partial charge is 0.478 e. The summed E-state index contributed by atoms with van der Waals surface area (Å²) in [6.45, 7) is 13.5. The van der Waals surface area contributed by atoms with Crippen LogP contribution in [0, 0.1) is 0 Å². The molecule has 0 aromatic rings. The second-order valence-electron chi connectivity index (χ2n) is 8.21. The highest BCUT2D eigenvalue weighted by molar-refractivity contribution is 5.85. The monoisotopic (exact) mass is 474 g/mol. The summed E-state index contributed by atoms with van der Waals surface area (Å²) in [5.74, 6) is -1.87. The lowest BCUT2D eigenvalue weighted by molar-refractivity contribution is -0.133. The molecule has 0 spiro atoms. The first-order chi connectivity index (χ1) is 15.6. The quantitative estimate of drug-likeness (QED) is 0.131. The molecule has 33 heavy (non-hydrogen) atoms. The van der Waals surface area contributed by atoms with Gasteiger partial charge in [-0.2, -0.15) is 0 Å². The summed E-state index contributed by atoms with van der Waals surface area (Å²) >= 11 is 0. The van der Waals surface area contributed by atoms with Crippen molar-refractivity contribution in [3.8, 4) is 0 Å². The first-order valence-electron chi connectivity index (χ1n) is 12.6. The Hall–Kier alpha value is -1.66. The van der Waals surface area contributed by atoms with Crippen molar-refractivity contribution in [3.05, 3.63) is 24.3 Å². The number of carbonyl (C=O) groups is 2. The zero-order chi connectivity index (χ0) is 26.3. The van der Waals surface area contributed by atoms with Crippen molar-refractivity contribution in [3.63, 3.8) is 0 Å². The van der Waals surface area contributed by atoms with Crippen LogP contribution in [0.1, 0.15) is 124 Å². The molecule has 0 aromatic carbocycles. The van der Waals surface area contributed by atoms with Crippen LogP contribution < -0.4 is 0 Å². The molecule has 0 atom stereocenters. The van der Waals surface area contributed by atoms with Crippen molar-refractivity contribution < 1.29 is 30.0 Å². The summed E-state index contributed by atoms with van der Waals surface area (Å²) in [5.41, 5.74) is 0.352. The van der Waals surface area contributed by atoms with E-state index in [4.69, 9.17) is 20.4 Å². The predicted octanol–water partition coefficient (Wildman–Crippen LogP) is 7.14. The number of hydrogen-bond acceptors (Lipinski definition) is 4. The number of carboxylic acid groups (broad SMARTS) is 2. The van der Waals surface area contributed by atoms with Crippen LogP contribution in [-0.2, 0) is 9.59 Å². The van der Waals surface area contributed by atoms with Crippen LogP contribution >= 0.6 is 0 Å². The zero-order valence-corrected chi connectivity index (χ0v) is 22.0. The van der Waals surface area contributed by atoms with Crippen molar-refractivity contribution in [2.45, 2.75) is 124 Å². The van der Waals surface area contributed by atoms with Crippen LogP contribution in [0.25, 0.3) is 0 Å². The highest BCUT2D eigenvalue weighted by Crippen LogP contribution is 2.13. The molecule has 198 valence electrons. The van der Waals surface area contributed by atoms with Crippen LogP contribution in [0.5, 0.6) is 0 Å². The van der Waals surface area contributed by atoms with E-state index in [9.17, 15) is 9.59 Å². The molecular weight excluding hydrogens is 420 g/mol. The number of rotatable bonds is 17. The van der Waals surface area contributed by atoms with Crippen molar-refractivity contribution in [1.29, 1.82) is 0 Å². The average Bonchev–Trinajstić information content (AvgIpc) is 2.78. The van der Waals surface area contributed by atoms with Gasteiger partial charge in [0.25, 0.3) is 0 Å². The first-order valence-corrected chi connectivity index (χ1v) is 12.6. The van der Waals surface area contributed by atoms with E-state index in [0.29, 0.717) is 0 Å². The molecule has 0 fully saturated rings. The fourth-order valence-electron chi connectivity index (χ4n) is 2.44. The van der Waals surface area contributed by atoms with Crippen LogP contribution in [0.15, 0.2) is 24.3 Å². The van der Waals surface area contributed by atoms with E-state index in [1.165, 1.54) is 110 Å². The Morgan fingerprint density at radius 3 is 0.758 bits per heavy atom. The van der Waals surface area contributed by atoms with Gasteiger partial charge >= 0.3 is 11.9 Å². The third kappa shape index (κ3) is 53.5. The van der Waals surface area contributed by atoms with E-state index in [1.807, 2.05) is 0 Å². The SMILES string of the molecule is C=C(C)C(=O)O.C=C(C)C(=O)O.CCCCCCCCCCCCCCCCC.OCCO. The Morgan fingerprint density at radius 2 is 0.667 bits per heavy atom. The van der Waals surface area contributed by atoms with Crippen LogP contribution in [0.4, 0.5) is 0 Å². The molecule has 0 saturated carbocycles. The Kier molecular flexibility index (Phi) is 40.9. The van der Waals surface area contributed by atoms with Gasteiger partial charge in [-0.05, 0) is 13.8 Å². The minimum atomic E-state index is -0.935. The lowest BCUT2D eigenvalue weighted by atomic mass is 10.0. The molecule has 4 N–H and O–H groups in total. The Labute approximate surface area is 203 Å². The molecule has 0 amide bonds. The van der Waals surface area contributed by atoms with E-state index in [2.05, 4.69) is 27.0 Å². The fourth-order valence-corrected chi connectivity index (χ4v) is 2.44. The van der Waals surface area contributed by atoms with Gasteiger partial charge < -0.3 is 20.4 Å². The van der Waals surface area contributed by atoms with Crippen molar-refractivity contribution in [1.82, 2.24) is 0 Å². The lowest BCUT2D eigenvalue weighted by Crippen LogP contribution is -1.92. The minimum Gasteiger partial charge on any atom is -0.478 e. The topological polar surface area (TPSA) is 115 Å². The summed E-state index contributed by atoms with van der Waals surface area (Å²) in [5, 5.41) is 31.0. The number of hydrogen-bond donors (Lipinski definition) is 4. The Bertz CT molecular complexity index is 382. The van der Waals surface area contributed by atoms with E-state index in [-0.39, 0.29) is 24.4 Å². The van der Waals surface area contributed by atoms with Crippen molar-refractivity contribution >= 4 is 11.9 Å². The number of unbranched alkanes of at least 4 members (excludes halogenated alkanes) is 14. The van der Waals surface area contributed by atoms with Gasteiger partial charge in [-0.25, -0.2) is 9.59 Å². The second-order valence-corrected chi connectivity index (χ2v) is 8.21. The van der Waals surface area contributed by atoms with Gasteiger partial charge in [-0.15, -0.1) is 0 Å². The number of carboxylic acids is 2. The van der Waals surface area contributed by atoms with Gasteiger partial charge in [0.2, 0.25) is 0 Å². The molecule has 0 aliphatic rings. The fraction of sp³-hybridized carbons (Fsp3) is 0.778. The first kappa shape index (κ1) is 38.6. The van der Waals surface area contributed by atoms with Gasteiger partial charge in [0.1, 0.15) is 0 Å². The summed E-state index contributed by atoms with van der Waals surface area (Å²) in [4.78, 5) is 19.2. The number of aliphatic carboxylic acids is 2. The molecule has 0 aromatic heterocycles. The number of aliphatic hydroxyl groups is 2. The summed E-state index contributed by atoms with van der Waals surface area (Å²) in [6.07, 6.45) is 21.9. The summed E-state index contributed by atoms with van der Waals surface area (Å²) < 4.78 is 0. The molecule has 0 aliphatic heterocycles. The minimum absolute atomic E-state index is 0.125. The molecular formula is C27H54O6. The van der Waals surface area contributed by atoms with Crippen LogP contribution in [-0.4, -0.2) is 45.6 Å². The van der Waals surface area contributed by atoms with E-state index >= 15 is 0 Å². The maximum atomic E-state index is 9.60. The molecule has 0 heterocycles. The molecule has 0 unspecified atom stereocenters. The van der Waals surface area contributed by atoms with Crippen LogP contribution in [0.3, 0.4) is 0 Å². The van der Waals surface area contributed by atoms with Crippen molar-refractivity contribution in [2.24, 2.45) is 0 Å². The molecule has 6 nitrogen and oxygen atoms in total. The smallest absolute Gasteiger partial charge is 0.330 e. The molecule has 0 aliphatic carbocycles. The van der Waals surface area contributed by atoms with Crippen molar-refractivity contribution in [2.75, 3.05) is 13.2 Å². The van der Waals surface area contributed by atoms with Gasteiger partial charge in [0, 0.05) is 11.1 Å². The summed E-state index contributed by atoms with van der Waals surface area (Å²) in [6, 6.07) is 0. The maximum absolute atomic E-state index is 9.60. The molecule has 0 radical (unpaired) electrons. The Morgan fingerprint density at radius 1 is 0.515 bits per heavy atom. The molecule has 0 saturated heterocycles. The highest BCUT2D eigenvalue weighted by atomic mass is 16.4. The zero-order valence-electron chi connectivity index (χ0n) is 22.0. The number of aliphatic hydroxyl groups excluding tert-OH is 2. The van der Waals surface area contributed by atoms with Gasteiger partial charge in [0.05, 0.1) is 13.2 Å². The molecule has 6 heteroatoms. The average molecular weight is 475 g/mol. The second kappa shape index (κ2) is 34.9. The normalized spacial score (nSPS) is 9.27. The lowest BCUT2D eigenvalue weighted by Gasteiger charge is -2.02. The van der Waals surface area contributed by atoms with Crippen LogP contribution in [0.2, 0.25) is 0 Å². The third-order valence-electron chi connectivity index (χ3n) is 4.54. The van der Waals surface area contributed by atoms with Gasteiger partial charge in [-0.3, -0.25) is 0 Å². The van der Waals surface area contributed by atoms with E-state index < -0.39 is 11.9 Å². The highest BCUT2D eigenvalue weighted by Gasteiger charge is 1.93. The third-order valence-corrected chi connectivity index (χ3v) is 4.54. The Balaban J connectivity index is -0.000000214. The molecule has 0 rings (SSSR count). The van der Waals surface area contributed by atoms with E-state index in [1.54, 1.807) is 0 Å². The predicted molar refractivity (Wildman–Crippen MR) is 140 cm³/mol. The standard InChI is InChI=1S/C17H36.2C4H6O2.C2H6O2/c1-3-5-7-9-11-13-15-17-16-14-12-10-8-6-4-2;2*1-3(2)4(5)6;3-1-2-4/h3-17H2,1-2H3;2*1H2,2H3,(H,5,6);3-4H,1-2H2. The van der Waals surface area contributed by atoms with Gasteiger partial charge in [0.15, 0.2) is 0 Å². The summed E-state index contributed by atoms with van der Waals surface area (Å²) in [7, 11) is 0. The van der Waals surface area contributed by atoms with Gasteiger partial charge in [-0.1, -0.05) is 123 Å². The maximum Gasteiger partial charge on any atom is 0.330 e. The van der Waals surface area contributed by atoms with E-state index in [0.717, 1.165) is 0 Å².